The average Bonchev–Trinajstić information content (AvgIpc) is 3.35. The van der Waals surface area contributed by atoms with Crippen molar-refractivity contribution in [2.45, 2.75) is 44.2 Å². The van der Waals surface area contributed by atoms with Gasteiger partial charge in [-0.2, -0.15) is 0 Å². The van der Waals surface area contributed by atoms with Gasteiger partial charge in [-0.05, 0) is 48.4 Å². The minimum atomic E-state index is -1.07. The number of hydrogen-bond donors (Lipinski definition) is 3. The van der Waals surface area contributed by atoms with Gasteiger partial charge in [-0.1, -0.05) is 48.5 Å². The third kappa shape index (κ3) is 4.40. The highest BCUT2D eigenvalue weighted by Gasteiger charge is 2.33. The molecule has 3 atom stereocenters. The standard InChI is InChI=1S/C24H26N2O5/c1-14(23(28)29)25-22(27)15-10-11-16(12-15)26-24(30)31-13-21-19-8-4-2-6-17(19)18-7-3-5-9-20(18)21/h2-9,14-16,21H,10-13H2,1H3,(H,25,27)(H,26,30)(H,28,29)/t14-,15-,16+/m1/s1. The number of alkyl carbamates (subject to hydrolysis) is 1. The predicted molar refractivity (Wildman–Crippen MR) is 115 cm³/mol. The van der Waals surface area contributed by atoms with Crippen molar-refractivity contribution in [1.29, 1.82) is 0 Å². The second-order valence-electron chi connectivity index (χ2n) is 8.25. The quantitative estimate of drug-likeness (QED) is 0.663. The summed E-state index contributed by atoms with van der Waals surface area (Å²) in [5, 5.41) is 14.3. The number of carboxylic acid groups (broad SMARTS) is 1. The lowest BCUT2D eigenvalue weighted by molar-refractivity contribution is -0.141. The van der Waals surface area contributed by atoms with Crippen LogP contribution in [0.3, 0.4) is 0 Å². The van der Waals surface area contributed by atoms with Gasteiger partial charge in [0.25, 0.3) is 0 Å². The number of amides is 2. The summed E-state index contributed by atoms with van der Waals surface area (Å²) in [7, 11) is 0. The Morgan fingerprint density at radius 2 is 1.65 bits per heavy atom. The van der Waals surface area contributed by atoms with Crippen LogP contribution in [0.15, 0.2) is 48.5 Å². The molecule has 0 unspecified atom stereocenters. The second-order valence-corrected chi connectivity index (χ2v) is 8.25. The molecule has 2 aromatic carbocycles. The summed E-state index contributed by atoms with van der Waals surface area (Å²) >= 11 is 0. The topological polar surface area (TPSA) is 105 Å². The SMILES string of the molecule is C[C@@H](NC(=O)[C@@H]1CC[C@H](NC(=O)OCC2c3ccccc3-c3ccccc32)C1)C(=O)O. The largest absolute Gasteiger partial charge is 0.480 e. The van der Waals surface area contributed by atoms with Crippen molar-refractivity contribution in [1.82, 2.24) is 10.6 Å². The molecule has 7 heteroatoms. The normalized spacial score (nSPS) is 20.4. The van der Waals surface area contributed by atoms with Crippen molar-refractivity contribution in [2.24, 2.45) is 5.92 Å². The Morgan fingerprint density at radius 3 is 2.26 bits per heavy atom. The van der Waals surface area contributed by atoms with E-state index in [0.29, 0.717) is 19.3 Å². The third-order valence-corrected chi connectivity index (χ3v) is 6.20. The number of carbonyl (C=O) groups is 3. The number of fused-ring (bicyclic) bond motifs is 3. The maximum atomic E-state index is 12.4. The highest BCUT2D eigenvalue weighted by Crippen LogP contribution is 2.44. The van der Waals surface area contributed by atoms with E-state index in [-0.39, 0.29) is 30.4 Å². The van der Waals surface area contributed by atoms with Crippen molar-refractivity contribution >= 4 is 18.0 Å². The van der Waals surface area contributed by atoms with E-state index in [0.717, 1.165) is 11.1 Å². The van der Waals surface area contributed by atoms with Gasteiger partial charge in [-0.3, -0.25) is 9.59 Å². The van der Waals surface area contributed by atoms with Gasteiger partial charge in [0.1, 0.15) is 12.6 Å². The van der Waals surface area contributed by atoms with Gasteiger partial charge in [0.2, 0.25) is 5.91 Å². The molecular weight excluding hydrogens is 396 g/mol. The molecule has 0 saturated heterocycles. The maximum Gasteiger partial charge on any atom is 0.407 e. The van der Waals surface area contributed by atoms with Crippen LogP contribution in [-0.2, 0) is 14.3 Å². The average molecular weight is 422 g/mol. The first-order valence-corrected chi connectivity index (χ1v) is 10.6. The summed E-state index contributed by atoms with van der Waals surface area (Å²) in [4.78, 5) is 35.5. The fourth-order valence-corrected chi connectivity index (χ4v) is 4.55. The van der Waals surface area contributed by atoms with Crippen LogP contribution in [-0.4, -0.2) is 41.8 Å². The maximum absolute atomic E-state index is 12.4. The van der Waals surface area contributed by atoms with Crippen LogP contribution in [0.5, 0.6) is 0 Å². The van der Waals surface area contributed by atoms with Gasteiger partial charge >= 0.3 is 12.1 Å². The molecule has 0 spiro atoms. The van der Waals surface area contributed by atoms with E-state index in [1.54, 1.807) is 0 Å². The van der Waals surface area contributed by atoms with Gasteiger partial charge in [-0.25, -0.2) is 4.79 Å². The molecule has 0 heterocycles. The molecule has 2 aliphatic carbocycles. The van der Waals surface area contributed by atoms with E-state index < -0.39 is 18.1 Å². The van der Waals surface area contributed by atoms with E-state index in [1.165, 1.54) is 18.1 Å². The van der Waals surface area contributed by atoms with Crippen LogP contribution in [0.1, 0.15) is 43.2 Å². The molecule has 0 radical (unpaired) electrons. The molecule has 7 nitrogen and oxygen atoms in total. The zero-order valence-corrected chi connectivity index (χ0v) is 17.3. The molecule has 0 aromatic heterocycles. The minimum Gasteiger partial charge on any atom is -0.480 e. The number of carbonyl (C=O) groups excluding carboxylic acids is 2. The second kappa shape index (κ2) is 8.79. The number of benzene rings is 2. The lowest BCUT2D eigenvalue weighted by atomic mass is 9.98. The van der Waals surface area contributed by atoms with Crippen LogP contribution in [0.25, 0.3) is 11.1 Å². The summed E-state index contributed by atoms with van der Waals surface area (Å²) < 4.78 is 5.57. The number of hydrogen-bond acceptors (Lipinski definition) is 4. The van der Waals surface area contributed by atoms with Gasteiger partial charge in [-0.15, -0.1) is 0 Å². The monoisotopic (exact) mass is 422 g/mol. The first-order valence-electron chi connectivity index (χ1n) is 10.6. The Bertz CT molecular complexity index is 959. The number of carboxylic acids is 1. The Kier molecular flexibility index (Phi) is 5.93. The van der Waals surface area contributed by atoms with Crippen LogP contribution in [0.2, 0.25) is 0 Å². The fraction of sp³-hybridized carbons (Fsp3) is 0.375. The lowest BCUT2D eigenvalue weighted by Crippen LogP contribution is -2.41. The summed E-state index contributed by atoms with van der Waals surface area (Å²) in [6, 6.07) is 15.2. The smallest absolute Gasteiger partial charge is 0.407 e. The van der Waals surface area contributed by atoms with Crippen LogP contribution < -0.4 is 10.6 Å². The summed E-state index contributed by atoms with van der Waals surface area (Å²) in [5.74, 6) is -1.66. The summed E-state index contributed by atoms with van der Waals surface area (Å²) in [5.41, 5.74) is 4.66. The van der Waals surface area contributed by atoms with Crippen LogP contribution in [0.4, 0.5) is 4.79 Å². The van der Waals surface area contributed by atoms with E-state index in [2.05, 4.69) is 34.9 Å². The molecule has 1 fully saturated rings. The van der Waals surface area contributed by atoms with Crippen molar-refractivity contribution < 1.29 is 24.2 Å². The number of ether oxygens (including phenoxy) is 1. The van der Waals surface area contributed by atoms with Crippen LogP contribution >= 0.6 is 0 Å². The van der Waals surface area contributed by atoms with Crippen molar-refractivity contribution in [2.75, 3.05) is 6.61 Å². The third-order valence-electron chi connectivity index (χ3n) is 6.20. The highest BCUT2D eigenvalue weighted by atomic mass is 16.5. The fourth-order valence-electron chi connectivity index (χ4n) is 4.55. The predicted octanol–water partition coefficient (Wildman–Crippen LogP) is 3.28. The van der Waals surface area contributed by atoms with E-state index in [4.69, 9.17) is 9.84 Å². The van der Waals surface area contributed by atoms with Crippen molar-refractivity contribution in [3.63, 3.8) is 0 Å². The summed E-state index contributed by atoms with van der Waals surface area (Å²) in [6.07, 6.45) is 1.24. The molecule has 3 N–H and O–H groups in total. The molecule has 31 heavy (non-hydrogen) atoms. The molecule has 4 rings (SSSR count). The zero-order chi connectivity index (χ0) is 22.0. The Hall–Kier alpha value is -3.35. The molecule has 2 aliphatic rings. The van der Waals surface area contributed by atoms with Gasteiger partial charge in [0, 0.05) is 17.9 Å². The van der Waals surface area contributed by atoms with Crippen molar-refractivity contribution in [3.05, 3.63) is 59.7 Å². The molecule has 2 amide bonds. The summed E-state index contributed by atoms with van der Waals surface area (Å²) in [6.45, 7) is 1.67. The molecule has 2 aromatic rings. The highest BCUT2D eigenvalue weighted by molar-refractivity contribution is 5.85. The molecular formula is C24H26N2O5. The number of rotatable bonds is 6. The Morgan fingerprint density at radius 1 is 1.03 bits per heavy atom. The van der Waals surface area contributed by atoms with Gasteiger partial charge < -0.3 is 20.5 Å². The first-order chi connectivity index (χ1) is 14.9. The molecule has 0 bridgehead atoms. The molecule has 0 aliphatic heterocycles. The van der Waals surface area contributed by atoms with Crippen molar-refractivity contribution in [3.8, 4) is 11.1 Å². The number of nitrogens with one attached hydrogen (secondary N) is 2. The lowest BCUT2D eigenvalue weighted by Gasteiger charge is -2.17. The Balaban J connectivity index is 1.31. The van der Waals surface area contributed by atoms with Gasteiger partial charge in [0.05, 0.1) is 0 Å². The van der Waals surface area contributed by atoms with E-state index >= 15 is 0 Å². The molecule has 162 valence electrons. The van der Waals surface area contributed by atoms with Gasteiger partial charge in [0.15, 0.2) is 0 Å². The van der Waals surface area contributed by atoms with E-state index in [9.17, 15) is 14.4 Å². The molecule has 1 saturated carbocycles. The van der Waals surface area contributed by atoms with Crippen LogP contribution in [0, 0.1) is 5.92 Å². The Labute approximate surface area is 180 Å². The number of aliphatic carboxylic acids is 1. The first kappa shape index (κ1) is 20.9. The minimum absolute atomic E-state index is 0.00207. The van der Waals surface area contributed by atoms with E-state index in [1.807, 2.05) is 24.3 Å². The zero-order valence-electron chi connectivity index (χ0n) is 17.3.